The van der Waals surface area contributed by atoms with E-state index in [1.165, 1.54) is 0 Å². The van der Waals surface area contributed by atoms with E-state index in [-0.39, 0.29) is 18.2 Å². The first-order valence-electron chi connectivity index (χ1n) is 7.33. The molecule has 3 nitrogen and oxygen atoms in total. The number of alkyl halides is 1. The molecule has 0 radical (unpaired) electrons. The number of nitrogens with zero attached hydrogens (tertiary/aromatic N) is 1. The Morgan fingerprint density at radius 2 is 2.00 bits per heavy atom. The Bertz CT molecular complexity index is 424. The Balaban J connectivity index is 2.06. The van der Waals surface area contributed by atoms with Crippen LogP contribution >= 0.6 is 11.6 Å². The number of cyclic esters (lactones) is 1. The largest absolute Gasteiger partial charge is 0.444 e. The number of hydrogen-bond acceptors (Lipinski definition) is 2. The van der Waals surface area contributed by atoms with Crippen molar-refractivity contribution >= 4 is 17.7 Å². The average molecular weight is 296 g/mol. The predicted octanol–water partition coefficient (Wildman–Crippen LogP) is 4.20. The van der Waals surface area contributed by atoms with Crippen LogP contribution in [0.25, 0.3) is 0 Å². The summed E-state index contributed by atoms with van der Waals surface area (Å²) in [5, 5.41) is 0. The average Bonchev–Trinajstić information content (AvgIpc) is 2.75. The first kappa shape index (κ1) is 15.2. The Morgan fingerprint density at radius 1 is 1.25 bits per heavy atom. The molecular formula is C16H22ClNO2. The van der Waals surface area contributed by atoms with Crippen LogP contribution in [-0.4, -0.2) is 29.0 Å². The van der Waals surface area contributed by atoms with Gasteiger partial charge in [0, 0.05) is 12.4 Å². The van der Waals surface area contributed by atoms with Crippen molar-refractivity contribution in [3.63, 3.8) is 0 Å². The summed E-state index contributed by atoms with van der Waals surface area (Å²) in [6.07, 6.45) is 3.69. The van der Waals surface area contributed by atoms with Crippen molar-refractivity contribution in [1.82, 2.24) is 4.90 Å². The van der Waals surface area contributed by atoms with Crippen LogP contribution in [0.2, 0.25) is 0 Å². The monoisotopic (exact) mass is 295 g/mol. The van der Waals surface area contributed by atoms with Gasteiger partial charge in [-0.05, 0) is 24.8 Å². The Kier molecular flexibility index (Phi) is 5.72. The third-order valence-corrected chi connectivity index (χ3v) is 3.98. The smallest absolute Gasteiger partial charge is 0.410 e. The summed E-state index contributed by atoms with van der Waals surface area (Å²) in [6, 6.07) is 10.1. The maximum atomic E-state index is 12.1. The fraction of sp³-hybridized carbons (Fsp3) is 0.562. The van der Waals surface area contributed by atoms with E-state index in [2.05, 4.69) is 6.92 Å². The minimum Gasteiger partial charge on any atom is -0.444 e. The van der Waals surface area contributed by atoms with Crippen LogP contribution in [0.1, 0.15) is 38.2 Å². The summed E-state index contributed by atoms with van der Waals surface area (Å²) in [7, 11) is 0. The van der Waals surface area contributed by atoms with Crippen molar-refractivity contribution in [2.75, 3.05) is 5.88 Å². The number of carbonyl (C=O) groups is 1. The molecule has 1 aliphatic rings. The molecular weight excluding hydrogens is 274 g/mol. The van der Waals surface area contributed by atoms with Crippen molar-refractivity contribution in [3.05, 3.63) is 35.9 Å². The van der Waals surface area contributed by atoms with Gasteiger partial charge in [0.2, 0.25) is 0 Å². The van der Waals surface area contributed by atoms with E-state index < -0.39 is 0 Å². The number of amides is 1. The number of carbonyl (C=O) groups excluding carboxylic acids is 1. The molecule has 1 aliphatic heterocycles. The highest BCUT2D eigenvalue weighted by atomic mass is 35.5. The zero-order valence-corrected chi connectivity index (χ0v) is 12.7. The maximum Gasteiger partial charge on any atom is 0.410 e. The number of ether oxygens (including phenoxy) is 1. The van der Waals surface area contributed by atoms with Crippen LogP contribution in [0.3, 0.4) is 0 Å². The molecule has 0 aliphatic carbocycles. The Hall–Kier alpha value is -1.22. The minimum atomic E-state index is -0.204. The highest BCUT2D eigenvalue weighted by Crippen LogP contribution is 2.28. The van der Waals surface area contributed by atoms with Gasteiger partial charge in [-0.25, -0.2) is 4.79 Å². The van der Waals surface area contributed by atoms with Crippen molar-refractivity contribution in [2.24, 2.45) is 0 Å². The van der Waals surface area contributed by atoms with Crippen LogP contribution in [0, 0.1) is 0 Å². The molecule has 0 bridgehead atoms. The van der Waals surface area contributed by atoms with Gasteiger partial charge in [-0.1, -0.05) is 43.7 Å². The molecule has 1 fully saturated rings. The zero-order valence-electron chi connectivity index (χ0n) is 11.9. The van der Waals surface area contributed by atoms with Crippen LogP contribution in [-0.2, 0) is 11.3 Å². The van der Waals surface area contributed by atoms with Gasteiger partial charge in [0.25, 0.3) is 0 Å². The number of halogens is 1. The molecule has 20 heavy (non-hydrogen) atoms. The molecule has 4 heteroatoms. The van der Waals surface area contributed by atoms with Gasteiger partial charge in [-0.3, -0.25) is 4.90 Å². The van der Waals surface area contributed by atoms with Gasteiger partial charge in [0.1, 0.15) is 6.10 Å². The maximum absolute atomic E-state index is 12.1. The van der Waals surface area contributed by atoms with Crippen molar-refractivity contribution in [3.8, 4) is 0 Å². The van der Waals surface area contributed by atoms with E-state index in [4.69, 9.17) is 16.3 Å². The summed E-state index contributed by atoms with van der Waals surface area (Å²) in [5.74, 6) is 0.551. The van der Waals surface area contributed by atoms with E-state index in [0.717, 1.165) is 31.2 Å². The first-order valence-corrected chi connectivity index (χ1v) is 7.86. The van der Waals surface area contributed by atoms with Crippen LogP contribution in [0.15, 0.2) is 30.3 Å². The van der Waals surface area contributed by atoms with Crippen molar-refractivity contribution in [1.29, 1.82) is 0 Å². The zero-order chi connectivity index (χ0) is 14.4. The van der Waals surface area contributed by atoms with Crippen LogP contribution in [0.4, 0.5) is 4.79 Å². The lowest BCUT2D eigenvalue weighted by Gasteiger charge is -2.24. The third-order valence-electron chi connectivity index (χ3n) is 3.76. The second-order valence-electron chi connectivity index (χ2n) is 5.22. The Morgan fingerprint density at radius 3 is 2.65 bits per heavy atom. The lowest BCUT2D eigenvalue weighted by atomic mass is 10.0. The molecule has 1 amide bonds. The van der Waals surface area contributed by atoms with Crippen LogP contribution in [0.5, 0.6) is 0 Å². The molecule has 0 unspecified atom stereocenters. The number of rotatable bonds is 7. The lowest BCUT2D eigenvalue weighted by Crippen LogP contribution is -2.36. The predicted molar refractivity (Wildman–Crippen MR) is 80.9 cm³/mol. The molecule has 2 atom stereocenters. The SMILES string of the molecule is CCCC[C@H]1OC(=O)N(Cc2ccccc2)[C@H]1CCCl. The molecule has 0 aromatic heterocycles. The third kappa shape index (κ3) is 3.66. The highest BCUT2D eigenvalue weighted by Gasteiger charge is 2.40. The quantitative estimate of drug-likeness (QED) is 0.706. The lowest BCUT2D eigenvalue weighted by molar-refractivity contribution is 0.123. The van der Waals surface area contributed by atoms with Gasteiger partial charge in [-0.2, -0.15) is 0 Å². The summed E-state index contributed by atoms with van der Waals surface area (Å²) < 4.78 is 5.54. The number of hydrogen-bond donors (Lipinski definition) is 0. The standard InChI is InChI=1S/C16H22ClNO2/c1-2-3-9-15-14(10-11-17)18(16(19)20-15)12-13-7-5-4-6-8-13/h4-8,14-15H,2-3,9-12H2,1H3/t14-,15+/m0/s1. The second-order valence-corrected chi connectivity index (χ2v) is 5.60. The summed E-state index contributed by atoms with van der Waals surface area (Å²) in [5.41, 5.74) is 1.13. The normalized spacial score (nSPS) is 22.1. The fourth-order valence-corrected chi connectivity index (χ4v) is 2.91. The van der Waals surface area contributed by atoms with E-state index in [1.807, 2.05) is 35.2 Å². The van der Waals surface area contributed by atoms with E-state index >= 15 is 0 Å². The molecule has 1 heterocycles. The molecule has 1 aromatic rings. The van der Waals surface area contributed by atoms with E-state index in [0.29, 0.717) is 12.4 Å². The molecule has 0 N–H and O–H groups in total. The highest BCUT2D eigenvalue weighted by molar-refractivity contribution is 6.17. The minimum absolute atomic E-state index is 0.00934. The molecule has 2 rings (SSSR count). The van der Waals surface area contributed by atoms with Crippen molar-refractivity contribution in [2.45, 2.75) is 51.3 Å². The van der Waals surface area contributed by atoms with Gasteiger partial charge >= 0.3 is 6.09 Å². The number of benzene rings is 1. The number of unbranched alkanes of at least 4 members (excludes halogenated alkanes) is 1. The van der Waals surface area contributed by atoms with Gasteiger partial charge in [-0.15, -0.1) is 11.6 Å². The van der Waals surface area contributed by atoms with Crippen LogP contribution < -0.4 is 0 Å². The van der Waals surface area contributed by atoms with Crippen molar-refractivity contribution < 1.29 is 9.53 Å². The molecule has 0 spiro atoms. The summed E-state index contributed by atoms with van der Waals surface area (Å²) in [6.45, 7) is 2.75. The molecule has 1 saturated heterocycles. The van der Waals surface area contributed by atoms with Gasteiger partial charge < -0.3 is 4.74 Å². The van der Waals surface area contributed by atoms with E-state index in [1.54, 1.807) is 0 Å². The Labute approximate surface area is 125 Å². The topological polar surface area (TPSA) is 29.5 Å². The fourth-order valence-electron chi connectivity index (χ4n) is 2.68. The molecule has 1 aromatic carbocycles. The van der Waals surface area contributed by atoms with Gasteiger partial charge in [0.05, 0.1) is 6.04 Å². The van der Waals surface area contributed by atoms with E-state index in [9.17, 15) is 4.79 Å². The van der Waals surface area contributed by atoms with Gasteiger partial charge in [0.15, 0.2) is 0 Å². The first-order chi connectivity index (χ1) is 9.76. The molecule has 0 saturated carbocycles. The summed E-state index contributed by atoms with van der Waals surface area (Å²) >= 11 is 5.90. The molecule has 110 valence electrons. The second kappa shape index (κ2) is 7.53. The summed E-state index contributed by atoms with van der Waals surface area (Å²) in [4.78, 5) is 13.9.